The van der Waals surface area contributed by atoms with Crippen LogP contribution in [0.15, 0.2) is 24.3 Å². The summed E-state index contributed by atoms with van der Waals surface area (Å²) in [5, 5.41) is 8.70. The summed E-state index contributed by atoms with van der Waals surface area (Å²) < 4.78 is 7.31. The molecular weight excluding hydrogens is 328 g/mol. The maximum Gasteiger partial charge on any atom is 0.411 e. The summed E-state index contributed by atoms with van der Waals surface area (Å²) in [5.41, 5.74) is 1.82. The minimum Gasteiger partial charge on any atom is -0.447 e. The van der Waals surface area contributed by atoms with Crippen LogP contribution in [0.3, 0.4) is 0 Å². The van der Waals surface area contributed by atoms with Crippen LogP contribution >= 0.6 is 0 Å². The van der Waals surface area contributed by atoms with E-state index in [1.165, 1.54) is 25.7 Å². The van der Waals surface area contributed by atoms with Gasteiger partial charge in [0.15, 0.2) is 0 Å². The smallest absolute Gasteiger partial charge is 0.411 e. The molecule has 3 rings (SSSR count). The van der Waals surface area contributed by atoms with E-state index < -0.39 is 0 Å². The molecule has 2 aromatic rings. The number of unbranched alkanes of at least 4 members (excludes halogenated alkanes) is 4. The highest BCUT2D eigenvalue weighted by atomic mass is 16.6. The Balaban J connectivity index is 1.87. The summed E-state index contributed by atoms with van der Waals surface area (Å²) in [7, 11) is 0. The maximum absolute atomic E-state index is 12.5. The van der Waals surface area contributed by atoms with E-state index in [0.717, 1.165) is 23.9 Å². The Morgan fingerprint density at radius 3 is 2.73 bits per heavy atom. The fraction of sp³-hybridized carbons (Fsp3) is 0.650. The highest BCUT2D eigenvalue weighted by molar-refractivity contribution is 5.75. The predicted octanol–water partition coefficient (Wildman–Crippen LogP) is 4.77. The molecule has 1 amide bonds. The third-order valence-corrected chi connectivity index (χ3v) is 5.26. The van der Waals surface area contributed by atoms with Gasteiger partial charge in [-0.1, -0.05) is 63.8 Å². The Kier molecular flexibility index (Phi) is 6.12. The quantitative estimate of drug-likeness (QED) is 0.606. The third-order valence-electron chi connectivity index (χ3n) is 5.26. The summed E-state index contributed by atoms with van der Waals surface area (Å²) in [6, 6.07) is 8.00. The van der Waals surface area contributed by atoms with Gasteiger partial charge in [-0.15, -0.1) is 5.10 Å². The number of ether oxygens (including phenoxy) is 1. The summed E-state index contributed by atoms with van der Waals surface area (Å²) in [6.45, 7) is 6.95. The SMILES string of the molecule is CCCCCCCC(N1C(=O)OCC1C(C)C)n1nnc2ccccc21. The van der Waals surface area contributed by atoms with Gasteiger partial charge in [0, 0.05) is 0 Å². The first kappa shape index (κ1) is 18.7. The molecule has 2 heterocycles. The topological polar surface area (TPSA) is 60.2 Å². The zero-order chi connectivity index (χ0) is 18.5. The van der Waals surface area contributed by atoms with Crippen LogP contribution in [0.25, 0.3) is 11.0 Å². The van der Waals surface area contributed by atoms with Crippen LogP contribution in [-0.4, -0.2) is 38.6 Å². The second-order valence-electron chi connectivity index (χ2n) is 7.50. The number of carbonyl (C=O) groups excluding carboxylic acids is 1. The van der Waals surface area contributed by atoms with Crippen LogP contribution in [0.5, 0.6) is 0 Å². The molecule has 1 aromatic heterocycles. The molecule has 1 saturated heterocycles. The number of carbonyl (C=O) groups is 1. The van der Waals surface area contributed by atoms with Crippen LogP contribution in [-0.2, 0) is 4.74 Å². The van der Waals surface area contributed by atoms with Crippen molar-refractivity contribution in [3.63, 3.8) is 0 Å². The second-order valence-corrected chi connectivity index (χ2v) is 7.50. The summed E-state index contributed by atoms with van der Waals surface area (Å²) in [5.74, 6) is 0.332. The molecule has 0 N–H and O–H groups in total. The lowest BCUT2D eigenvalue weighted by molar-refractivity contribution is 0.101. The van der Waals surface area contributed by atoms with Crippen molar-refractivity contribution in [2.24, 2.45) is 5.92 Å². The van der Waals surface area contributed by atoms with E-state index >= 15 is 0 Å². The number of cyclic esters (lactones) is 1. The molecule has 0 spiro atoms. The molecule has 0 radical (unpaired) electrons. The van der Waals surface area contributed by atoms with Crippen molar-refractivity contribution >= 4 is 17.1 Å². The fourth-order valence-electron chi connectivity index (χ4n) is 3.72. The number of hydrogen-bond acceptors (Lipinski definition) is 4. The summed E-state index contributed by atoms with van der Waals surface area (Å²) >= 11 is 0. The van der Waals surface area contributed by atoms with E-state index in [9.17, 15) is 4.79 Å². The number of para-hydroxylation sites is 1. The van der Waals surface area contributed by atoms with Crippen LogP contribution in [0, 0.1) is 5.92 Å². The number of benzene rings is 1. The average Bonchev–Trinajstić information content (AvgIpc) is 3.22. The molecule has 6 nitrogen and oxygen atoms in total. The second kappa shape index (κ2) is 8.52. The Labute approximate surface area is 155 Å². The van der Waals surface area contributed by atoms with Crippen LogP contribution in [0.2, 0.25) is 0 Å². The number of amides is 1. The van der Waals surface area contributed by atoms with E-state index in [0.29, 0.717) is 12.5 Å². The Bertz CT molecular complexity index is 727. The van der Waals surface area contributed by atoms with Crippen molar-refractivity contribution in [3.8, 4) is 0 Å². The highest BCUT2D eigenvalue weighted by Crippen LogP contribution is 2.32. The van der Waals surface area contributed by atoms with Gasteiger partial charge in [0.2, 0.25) is 0 Å². The Hall–Kier alpha value is -2.11. The molecule has 1 aliphatic rings. The first-order chi connectivity index (χ1) is 12.6. The van der Waals surface area contributed by atoms with Gasteiger partial charge in [-0.05, 0) is 30.9 Å². The fourth-order valence-corrected chi connectivity index (χ4v) is 3.72. The first-order valence-corrected chi connectivity index (χ1v) is 9.88. The van der Waals surface area contributed by atoms with Gasteiger partial charge >= 0.3 is 6.09 Å². The lowest BCUT2D eigenvalue weighted by atomic mass is 10.0. The molecule has 142 valence electrons. The largest absolute Gasteiger partial charge is 0.447 e. The van der Waals surface area contributed by atoms with E-state index in [1.807, 2.05) is 33.8 Å². The summed E-state index contributed by atoms with van der Waals surface area (Å²) in [6.07, 6.45) is 6.45. The number of nitrogens with zero attached hydrogens (tertiary/aromatic N) is 4. The predicted molar refractivity (Wildman–Crippen MR) is 102 cm³/mol. The van der Waals surface area contributed by atoms with E-state index in [2.05, 4.69) is 31.1 Å². The number of fused-ring (bicyclic) bond motifs is 1. The lowest BCUT2D eigenvalue weighted by Crippen LogP contribution is -2.42. The van der Waals surface area contributed by atoms with Gasteiger partial charge in [-0.25, -0.2) is 9.48 Å². The first-order valence-electron chi connectivity index (χ1n) is 9.88. The van der Waals surface area contributed by atoms with Crippen LogP contribution < -0.4 is 0 Å². The zero-order valence-corrected chi connectivity index (χ0v) is 16.1. The van der Waals surface area contributed by atoms with E-state index in [-0.39, 0.29) is 18.3 Å². The van der Waals surface area contributed by atoms with E-state index in [4.69, 9.17) is 4.74 Å². The third kappa shape index (κ3) is 3.84. The number of rotatable bonds is 9. The zero-order valence-electron chi connectivity index (χ0n) is 16.1. The molecule has 2 atom stereocenters. The molecule has 1 aromatic carbocycles. The molecule has 6 heteroatoms. The molecule has 1 fully saturated rings. The molecule has 26 heavy (non-hydrogen) atoms. The van der Waals surface area contributed by atoms with Crippen molar-refractivity contribution in [1.29, 1.82) is 0 Å². The van der Waals surface area contributed by atoms with Crippen molar-refractivity contribution in [3.05, 3.63) is 24.3 Å². The van der Waals surface area contributed by atoms with Gasteiger partial charge in [-0.2, -0.15) is 0 Å². The maximum atomic E-state index is 12.5. The lowest BCUT2D eigenvalue weighted by Gasteiger charge is -2.32. The van der Waals surface area contributed by atoms with Crippen molar-refractivity contribution in [1.82, 2.24) is 19.9 Å². The van der Waals surface area contributed by atoms with Gasteiger partial charge in [0.05, 0.1) is 11.6 Å². The number of hydrogen-bond donors (Lipinski definition) is 0. The highest BCUT2D eigenvalue weighted by Gasteiger charge is 2.41. The van der Waals surface area contributed by atoms with Crippen molar-refractivity contribution in [2.75, 3.05) is 6.61 Å². The van der Waals surface area contributed by atoms with Gasteiger partial charge in [-0.3, -0.25) is 4.90 Å². The minimum absolute atomic E-state index is 0.0751. The molecule has 0 aliphatic carbocycles. The Morgan fingerprint density at radius 2 is 1.96 bits per heavy atom. The van der Waals surface area contributed by atoms with E-state index in [1.54, 1.807) is 0 Å². The molecular formula is C20H30N4O2. The van der Waals surface area contributed by atoms with Crippen LogP contribution in [0.4, 0.5) is 4.79 Å². The van der Waals surface area contributed by atoms with Gasteiger partial charge in [0.25, 0.3) is 0 Å². The van der Waals surface area contributed by atoms with Crippen LogP contribution in [0.1, 0.15) is 65.5 Å². The van der Waals surface area contributed by atoms with Crippen molar-refractivity contribution in [2.45, 2.75) is 71.5 Å². The van der Waals surface area contributed by atoms with Gasteiger partial charge in [0.1, 0.15) is 18.3 Å². The molecule has 2 unspecified atom stereocenters. The normalized spacial score (nSPS) is 18.7. The Morgan fingerprint density at radius 1 is 1.19 bits per heavy atom. The molecule has 0 saturated carbocycles. The van der Waals surface area contributed by atoms with Gasteiger partial charge < -0.3 is 4.74 Å². The van der Waals surface area contributed by atoms with Crippen molar-refractivity contribution < 1.29 is 9.53 Å². The molecule has 0 bridgehead atoms. The standard InChI is InChI=1S/C20H30N4O2/c1-4-5-6-7-8-13-19(23-18(15(2)3)14-26-20(23)25)24-17-12-10-9-11-16(17)21-22-24/h9-12,15,18-19H,4-8,13-14H2,1-3H3. The monoisotopic (exact) mass is 358 g/mol. The molecule has 1 aliphatic heterocycles. The minimum atomic E-state index is -0.234. The summed E-state index contributed by atoms with van der Waals surface area (Å²) in [4.78, 5) is 14.4. The average molecular weight is 358 g/mol. The number of aromatic nitrogens is 3.